The molecule has 2 atom stereocenters. The van der Waals surface area contributed by atoms with Gasteiger partial charge in [0.25, 0.3) is 5.91 Å². The molecule has 0 radical (unpaired) electrons. The van der Waals surface area contributed by atoms with Gasteiger partial charge in [0, 0.05) is 5.56 Å². The minimum absolute atomic E-state index is 0.0415. The van der Waals surface area contributed by atoms with E-state index in [-0.39, 0.29) is 23.8 Å². The zero-order valence-corrected chi connectivity index (χ0v) is 15.7. The van der Waals surface area contributed by atoms with E-state index in [9.17, 15) is 9.59 Å². The summed E-state index contributed by atoms with van der Waals surface area (Å²) in [6.07, 6.45) is 0. The predicted molar refractivity (Wildman–Crippen MR) is 102 cm³/mol. The Kier molecular flexibility index (Phi) is 6.78. The predicted octanol–water partition coefficient (Wildman–Crippen LogP) is 3.33. The van der Waals surface area contributed by atoms with Crippen LogP contribution in [-0.4, -0.2) is 25.0 Å². The SMILES string of the molecule is COc1ccc(C(=O)NC(C(=O)NC(C)c2ccccc2)C(C)C)cc1. The Labute approximate surface area is 154 Å². The molecule has 2 N–H and O–H groups in total. The van der Waals surface area contributed by atoms with Gasteiger partial charge in [0.1, 0.15) is 11.8 Å². The molecule has 138 valence electrons. The van der Waals surface area contributed by atoms with Crippen molar-refractivity contribution in [2.24, 2.45) is 5.92 Å². The number of benzene rings is 2. The van der Waals surface area contributed by atoms with Gasteiger partial charge in [-0.05, 0) is 42.7 Å². The molecule has 2 unspecified atom stereocenters. The Morgan fingerprint density at radius 3 is 2.04 bits per heavy atom. The Morgan fingerprint density at radius 2 is 1.50 bits per heavy atom. The number of carbonyl (C=O) groups is 2. The van der Waals surface area contributed by atoms with Crippen molar-refractivity contribution in [1.82, 2.24) is 10.6 Å². The van der Waals surface area contributed by atoms with E-state index < -0.39 is 6.04 Å². The molecule has 26 heavy (non-hydrogen) atoms. The number of amides is 2. The van der Waals surface area contributed by atoms with Crippen LogP contribution in [0.15, 0.2) is 54.6 Å². The van der Waals surface area contributed by atoms with Gasteiger partial charge in [0.2, 0.25) is 5.91 Å². The van der Waals surface area contributed by atoms with Gasteiger partial charge in [-0.2, -0.15) is 0 Å². The fraction of sp³-hybridized carbons (Fsp3) is 0.333. The molecule has 0 spiro atoms. The lowest BCUT2D eigenvalue weighted by Gasteiger charge is -2.24. The molecule has 2 rings (SSSR count). The minimum Gasteiger partial charge on any atom is -0.497 e. The molecule has 2 aromatic rings. The quantitative estimate of drug-likeness (QED) is 0.801. The monoisotopic (exact) mass is 354 g/mol. The second-order valence-electron chi connectivity index (χ2n) is 6.56. The molecule has 0 heterocycles. The molecule has 0 fully saturated rings. The van der Waals surface area contributed by atoms with Crippen LogP contribution in [-0.2, 0) is 4.79 Å². The summed E-state index contributed by atoms with van der Waals surface area (Å²) in [5.74, 6) is 0.156. The Hall–Kier alpha value is -2.82. The molecule has 2 aromatic carbocycles. The smallest absolute Gasteiger partial charge is 0.251 e. The highest BCUT2D eigenvalue weighted by molar-refractivity contribution is 5.97. The molecule has 0 aliphatic heterocycles. The minimum atomic E-state index is -0.615. The summed E-state index contributed by atoms with van der Waals surface area (Å²) in [4.78, 5) is 25.2. The molecule has 0 aliphatic rings. The normalized spacial score (nSPS) is 13.0. The fourth-order valence-corrected chi connectivity index (χ4v) is 2.63. The lowest BCUT2D eigenvalue weighted by atomic mass is 10.0. The largest absolute Gasteiger partial charge is 0.497 e. The second-order valence-corrected chi connectivity index (χ2v) is 6.56. The van der Waals surface area contributed by atoms with Crippen molar-refractivity contribution in [3.05, 3.63) is 65.7 Å². The van der Waals surface area contributed by atoms with E-state index >= 15 is 0 Å². The number of rotatable bonds is 7. The maximum Gasteiger partial charge on any atom is 0.251 e. The average molecular weight is 354 g/mol. The first-order valence-electron chi connectivity index (χ1n) is 8.72. The molecule has 0 saturated heterocycles. The third-order valence-electron chi connectivity index (χ3n) is 4.25. The lowest BCUT2D eigenvalue weighted by molar-refractivity contribution is -0.124. The molecule has 5 heteroatoms. The van der Waals surface area contributed by atoms with E-state index in [1.807, 2.05) is 51.1 Å². The number of carbonyl (C=O) groups excluding carboxylic acids is 2. The zero-order valence-electron chi connectivity index (χ0n) is 15.7. The van der Waals surface area contributed by atoms with Gasteiger partial charge < -0.3 is 15.4 Å². The van der Waals surface area contributed by atoms with Gasteiger partial charge in [0.15, 0.2) is 0 Å². The third kappa shape index (κ3) is 5.09. The molecular formula is C21H26N2O3. The number of ether oxygens (including phenoxy) is 1. The van der Waals surface area contributed by atoms with Crippen LogP contribution in [0.3, 0.4) is 0 Å². The highest BCUT2D eigenvalue weighted by atomic mass is 16.5. The van der Waals surface area contributed by atoms with Crippen LogP contribution in [0.2, 0.25) is 0 Å². The molecular weight excluding hydrogens is 328 g/mol. The zero-order chi connectivity index (χ0) is 19.1. The summed E-state index contributed by atoms with van der Waals surface area (Å²) in [5, 5.41) is 5.81. The molecule has 0 saturated carbocycles. The Balaban J connectivity index is 2.04. The van der Waals surface area contributed by atoms with E-state index in [0.717, 1.165) is 5.56 Å². The van der Waals surface area contributed by atoms with E-state index in [4.69, 9.17) is 4.74 Å². The first kappa shape index (κ1) is 19.5. The van der Waals surface area contributed by atoms with Gasteiger partial charge in [-0.1, -0.05) is 44.2 Å². The van der Waals surface area contributed by atoms with Crippen LogP contribution in [0.4, 0.5) is 0 Å². The molecule has 0 bridgehead atoms. The van der Waals surface area contributed by atoms with Gasteiger partial charge in [-0.3, -0.25) is 9.59 Å². The van der Waals surface area contributed by atoms with Crippen LogP contribution >= 0.6 is 0 Å². The summed E-state index contributed by atoms with van der Waals surface area (Å²) in [6, 6.07) is 15.8. The Bertz CT molecular complexity index is 727. The maximum atomic E-state index is 12.7. The van der Waals surface area contributed by atoms with Crippen molar-refractivity contribution in [2.45, 2.75) is 32.9 Å². The van der Waals surface area contributed by atoms with Crippen LogP contribution in [0.25, 0.3) is 0 Å². The van der Waals surface area contributed by atoms with E-state index in [1.54, 1.807) is 31.4 Å². The number of hydrogen-bond donors (Lipinski definition) is 2. The average Bonchev–Trinajstić information content (AvgIpc) is 2.66. The second kappa shape index (κ2) is 9.04. The highest BCUT2D eigenvalue weighted by Gasteiger charge is 2.26. The van der Waals surface area contributed by atoms with Gasteiger partial charge in [0.05, 0.1) is 13.2 Å². The van der Waals surface area contributed by atoms with Gasteiger partial charge >= 0.3 is 0 Å². The lowest BCUT2D eigenvalue weighted by Crippen LogP contribution is -2.50. The maximum absolute atomic E-state index is 12.7. The van der Waals surface area contributed by atoms with Crippen molar-refractivity contribution < 1.29 is 14.3 Å². The van der Waals surface area contributed by atoms with Crippen molar-refractivity contribution >= 4 is 11.8 Å². The van der Waals surface area contributed by atoms with E-state index in [0.29, 0.717) is 11.3 Å². The van der Waals surface area contributed by atoms with Gasteiger partial charge in [-0.25, -0.2) is 0 Å². The van der Waals surface area contributed by atoms with Crippen LogP contribution < -0.4 is 15.4 Å². The van der Waals surface area contributed by atoms with Crippen molar-refractivity contribution in [3.63, 3.8) is 0 Å². The summed E-state index contributed by atoms with van der Waals surface area (Å²) in [6.45, 7) is 5.74. The third-order valence-corrected chi connectivity index (χ3v) is 4.25. The van der Waals surface area contributed by atoms with Crippen molar-refractivity contribution in [1.29, 1.82) is 0 Å². The summed E-state index contributed by atoms with van der Waals surface area (Å²) in [7, 11) is 1.57. The fourth-order valence-electron chi connectivity index (χ4n) is 2.63. The number of hydrogen-bond acceptors (Lipinski definition) is 3. The van der Waals surface area contributed by atoms with E-state index in [1.165, 1.54) is 0 Å². The number of nitrogens with one attached hydrogen (secondary N) is 2. The summed E-state index contributed by atoms with van der Waals surface area (Å²) >= 11 is 0. The molecule has 5 nitrogen and oxygen atoms in total. The van der Waals surface area contributed by atoms with Crippen LogP contribution in [0.1, 0.15) is 42.7 Å². The Morgan fingerprint density at radius 1 is 0.885 bits per heavy atom. The summed E-state index contributed by atoms with van der Waals surface area (Å²) < 4.78 is 5.10. The van der Waals surface area contributed by atoms with Crippen LogP contribution in [0, 0.1) is 5.92 Å². The molecule has 2 amide bonds. The first-order valence-corrected chi connectivity index (χ1v) is 8.72. The van der Waals surface area contributed by atoms with Crippen LogP contribution in [0.5, 0.6) is 5.75 Å². The topological polar surface area (TPSA) is 67.4 Å². The standard InChI is InChI=1S/C21H26N2O3/c1-14(2)19(21(25)22-15(3)16-8-6-5-7-9-16)23-20(24)17-10-12-18(26-4)13-11-17/h5-15,19H,1-4H3,(H,22,25)(H,23,24). The number of methoxy groups -OCH3 is 1. The summed E-state index contributed by atoms with van der Waals surface area (Å²) in [5.41, 5.74) is 1.50. The highest BCUT2D eigenvalue weighted by Crippen LogP contribution is 2.14. The first-order chi connectivity index (χ1) is 12.4. The van der Waals surface area contributed by atoms with Crippen molar-refractivity contribution in [2.75, 3.05) is 7.11 Å². The van der Waals surface area contributed by atoms with Crippen molar-refractivity contribution in [3.8, 4) is 5.75 Å². The molecule has 0 aromatic heterocycles. The molecule has 0 aliphatic carbocycles. The van der Waals surface area contributed by atoms with E-state index in [2.05, 4.69) is 10.6 Å². The van der Waals surface area contributed by atoms with Gasteiger partial charge in [-0.15, -0.1) is 0 Å².